The Kier molecular flexibility index (Phi) is 3.39. The topological polar surface area (TPSA) is 160 Å². The maximum Gasteiger partial charge on any atom is 0.360 e. The van der Waals surface area contributed by atoms with E-state index in [1.165, 1.54) is 0 Å². The Morgan fingerprint density at radius 2 is 1.69 bits per heavy atom. The molecule has 16 heavy (non-hydrogen) atoms. The molecule has 1 aliphatic rings. The first-order valence-electron chi connectivity index (χ1n) is 4.00. The molecular formula is C6H10N4O6. The van der Waals surface area contributed by atoms with E-state index in [-0.39, 0.29) is 6.54 Å². The molecule has 0 spiro atoms. The first kappa shape index (κ1) is 12.3. The van der Waals surface area contributed by atoms with Crippen molar-refractivity contribution in [2.75, 3.05) is 13.2 Å². The van der Waals surface area contributed by atoms with Crippen LogP contribution in [-0.4, -0.2) is 41.6 Å². The summed E-state index contributed by atoms with van der Waals surface area (Å²) in [7, 11) is 0. The Morgan fingerprint density at radius 3 is 2.06 bits per heavy atom. The van der Waals surface area contributed by atoms with E-state index in [1.807, 2.05) is 0 Å². The molecule has 90 valence electrons. The summed E-state index contributed by atoms with van der Waals surface area (Å²) >= 11 is 0. The van der Waals surface area contributed by atoms with Gasteiger partial charge < -0.3 is 15.4 Å². The van der Waals surface area contributed by atoms with Crippen LogP contribution >= 0.6 is 0 Å². The van der Waals surface area contributed by atoms with Crippen molar-refractivity contribution in [3.8, 4) is 0 Å². The van der Waals surface area contributed by atoms with Gasteiger partial charge in [0.15, 0.2) is 0 Å². The van der Waals surface area contributed by atoms with Crippen LogP contribution in [0.25, 0.3) is 0 Å². The lowest BCUT2D eigenvalue weighted by atomic mass is 10.2. The number of hydrogen-bond donors (Lipinski definition) is 3. The van der Waals surface area contributed by atoms with Crippen LogP contribution in [0.1, 0.15) is 0 Å². The molecule has 0 saturated carbocycles. The minimum Gasteiger partial charge on any atom is -0.371 e. The Morgan fingerprint density at radius 1 is 1.19 bits per heavy atom. The molecule has 10 heteroatoms. The molecule has 0 radical (unpaired) electrons. The standard InChI is InChI=1S/C6H10N4O6/c7-3(11)1-14-10-2-6(10,4(12)15-8)5(13)16-9/h1-2,8-9H2,(H2,7,11). The second-order valence-corrected chi connectivity index (χ2v) is 2.95. The molecule has 10 nitrogen and oxygen atoms in total. The molecule has 6 N–H and O–H groups in total. The molecule has 1 saturated heterocycles. The molecule has 0 aliphatic carbocycles. The van der Waals surface area contributed by atoms with Crippen molar-refractivity contribution >= 4 is 17.8 Å². The highest BCUT2D eigenvalue weighted by Gasteiger charge is 2.69. The van der Waals surface area contributed by atoms with Gasteiger partial charge in [-0.15, -0.1) is 0 Å². The monoisotopic (exact) mass is 234 g/mol. The quantitative estimate of drug-likeness (QED) is 0.247. The van der Waals surface area contributed by atoms with Crippen LogP contribution in [0, 0.1) is 0 Å². The van der Waals surface area contributed by atoms with Crippen LogP contribution in [0.2, 0.25) is 0 Å². The number of hydroxylamine groups is 2. The smallest absolute Gasteiger partial charge is 0.360 e. The second-order valence-electron chi connectivity index (χ2n) is 2.95. The van der Waals surface area contributed by atoms with Crippen molar-refractivity contribution in [2.45, 2.75) is 5.54 Å². The van der Waals surface area contributed by atoms with Crippen LogP contribution in [-0.2, 0) is 28.9 Å². The van der Waals surface area contributed by atoms with Crippen molar-refractivity contribution in [1.82, 2.24) is 5.06 Å². The average molecular weight is 234 g/mol. The largest absolute Gasteiger partial charge is 0.371 e. The number of rotatable bonds is 5. The van der Waals surface area contributed by atoms with Gasteiger partial charge in [0, 0.05) is 0 Å². The van der Waals surface area contributed by atoms with Crippen LogP contribution in [0.4, 0.5) is 0 Å². The molecule has 0 aromatic carbocycles. The molecule has 1 atom stereocenters. The van der Waals surface area contributed by atoms with Gasteiger partial charge in [-0.2, -0.15) is 16.9 Å². The number of nitrogens with zero attached hydrogens (tertiary/aromatic N) is 1. The predicted octanol–water partition coefficient (Wildman–Crippen LogP) is -3.71. The Balaban J connectivity index is 2.68. The lowest BCUT2D eigenvalue weighted by Gasteiger charge is -2.10. The molecule has 1 fully saturated rings. The Labute approximate surface area is 89.0 Å². The summed E-state index contributed by atoms with van der Waals surface area (Å²) in [6.45, 7) is -0.691. The molecule has 1 aliphatic heterocycles. The minimum absolute atomic E-state index is 0.188. The third-order valence-corrected chi connectivity index (χ3v) is 1.95. The van der Waals surface area contributed by atoms with Gasteiger partial charge in [-0.3, -0.25) is 9.63 Å². The molecule has 1 heterocycles. The zero-order chi connectivity index (χ0) is 12.3. The summed E-state index contributed by atoms with van der Waals surface area (Å²) in [5, 5.41) is 0.835. The van der Waals surface area contributed by atoms with Crippen LogP contribution in [0.3, 0.4) is 0 Å². The molecule has 1 unspecified atom stereocenters. The summed E-state index contributed by atoms with van der Waals surface area (Å²) in [5.41, 5.74) is 2.95. The van der Waals surface area contributed by atoms with E-state index in [0.717, 1.165) is 5.06 Å². The van der Waals surface area contributed by atoms with Gasteiger partial charge in [0.25, 0.3) is 5.54 Å². The van der Waals surface area contributed by atoms with Crippen molar-refractivity contribution < 1.29 is 28.9 Å². The molecular weight excluding hydrogens is 224 g/mol. The van der Waals surface area contributed by atoms with Crippen LogP contribution in [0.15, 0.2) is 0 Å². The predicted molar refractivity (Wildman–Crippen MR) is 45.1 cm³/mol. The summed E-state index contributed by atoms with van der Waals surface area (Å²) in [5.74, 6) is 6.29. The normalized spacial score (nSPS) is 21.0. The average Bonchev–Trinajstić information content (AvgIpc) is 2.99. The van der Waals surface area contributed by atoms with Gasteiger partial charge in [-0.05, 0) is 0 Å². The SMILES string of the molecule is NOC(=O)C1(C(=O)ON)CN1OCC(N)=O. The van der Waals surface area contributed by atoms with Crippen molar-refractivity contribution in [3.05, 3.63) is 0 Å². The number of amides is 1. The number of nitrogens with two attached hydrogens (primary N) is 3. The van der Waals surface area contributed by atoms with Crippen LogP contribution < -0.4 is 17.5 Å². The summed E-state index contributed by atoms with van der Waals surface area (Å²) < 4.78 is 0. The fourth-order valence-electron chi connectivity index (χ4n) is 1.08. The van der Waals surface area contributed by atoms with E-state index in [2.05, 4.69) is 21.5 Å². The van der Waals surface area contributed by atoms with E-state index in [9.17, 15) is 14.4 Å². The van der Waals surface area contributed by atoms with E-state index >= 15 is 0 Å². The van der Waals surface area contributed by atoms with Crippen LogP contribution in [0.5, 0.6) is 0 Å². The molecule has 1 rings (SSSR count). The van der Waals surface area contributed by atoms with Crippen molar-refractivity contribution in [2.24, 2.45) is 17.5 Å². The first-order chi connectivity index (χ1) is 7.48. The highest BCUT2D eigenvalue weighted by molar-refractivity contribution is 6.08. The Bertz CT molecular complexity index is 315. The Hall–Kier alpha value is -1.75. The zero-order valence-corrected chi connectivity index (χ0v) is 8.04. The third-order valence-electron chi connectivity index (χ3n) is 1.95. The van der Waals surface area contributed by atoms with Gasteiger partial charge in [0.2, 0.25) is 5.91 Å². The van der Waals surface area contributed by atoms with Crippen molar-refractivity contribution in [3.63, 3.8) is 0 Å². The van der Waals surface area contributed by atoms with E-state index < -0.39 is 30.0 Å². The maximum absolute atomic E-state index is 11.2. The number of hydrogen-bond acceptors (Lipinski definition) is 9. The molecule has 0 aromatic heterocycles. The van der Waals surface area contributed by atoms with E-state index in [4.69, 9.17) is 10.6 Å². The van der Waals surface area contributed by atoms with E-state index in [0.29, 0.717) is 0 Å². The third kappa shape index (κ3) is 1.94. The number of carbonyl (C=O) groups excluding carboxylic acids is 3. The van der Waals surface area contributed by atoms with Gasteiger partial charge >= 0.3 is 11.9 Å². The number of primary amides is 1. The number of carbonyl (C=O) groups is 3. The fraction of sp³-hybridized carbons (Fsp3) is 0.500. The lowest BCUT2D eigenvalue weighted by Crippen LogP contribution is -2.43. The minimum atomic E-state index is -1.85. The molecule has 1 amide bonds. The van der Waals surface area contributed by atoms with E-state index in [1.54, 1.807) is 0 Å². The fourth-order valence-corrected chi connectivity index (χ4v) is 1.08. The summed E-state index contributed by atoms with van der Waals surface area (Å²) in [6.07, 6.45) is 0. The van der Waals surface area contributed by atoms with Gasteiger partial charge in [-0.25, -0.2) is 9.59 Å². The lowest BCUT2D eigenvalue weighted by molar-refractivity contribution is -0.176. The van der Waals surface area contributed by atoms with Crippen molar-refractivity contribution in [1.29, 1.82) is 0 Å². The molecule has 0 bridgehead atoms. The van der Waals surface area contributed by atoms with Gasteiger partial charge in [0.05, 0.1) is 6.54 Å². The molecule has 0 aromatic rings. The highest BCUT2D eigenvalue weighted by atomic mass is 16.7. The van der Waals surface area contributed by atoms with Gasteiger partial charge in [-0.1, -0.05) is 0 Å². The highest BCUT2D eigenvalue weighted by Crippen LogP contribution is 2.34. The first-order valence-corrected chi connectivity index (χ1v) is 4.00. The summed E-state index contributed by atoms with van der Waals surface area (Å²) in [4.78, 5) is 45.4. The second kappa shape index (κ2) is 4.40. The van der Waals surface area contributed by atoms with Gasteiger partial charge in [0.1, 0.15) is 6.61 Å². The summed E-state index contributed by atoms with van der Waals surface area (Å²) in [6, 6.07) is 0. The zero-order valence-electron chi connectivity index (χ0n) is 8.04. The maximum atomic E-state index is 11.2.